The maximum Gasteiger partial charge on any atom is 0.244 e. The smallest absolute Gasteiger partial charge is 0.244 e. The zero-order valence-corrected chi connectivity index (χ0v) is 22.7. The van der Waals surface area contributed by atoms with Gasteiger partial charge in [0.2, 0.25) is 11.8 Å². The number of hydrogen-bond acceptors (Lipinski definition) is 7. The summed E-state index contributed by atoms with van der Waals surface area (Å²) in [4.78, 5) is 30.5. The van der Waals surface area contributed by atoms with E-state index in [1.807, 2.05) is 66.9 Å². The van der Waals surface area contributed by atoms with E-state index in [0.29, 0.717) is 27.7 Å². The molecule has 0 saturated heterocycles. The fraction of sp³-hybridized carbons (Fsp3) is 0.192. The Morgan fingerprint density at radius 3 is 2.62 bits per heavy atom. The molecule has 0 atom stereocenters. The number of carbonyl (C=O) groups excluding carboxylic acids is 2. The lowest BCUT2D eigenvalue weighted by molar-refractivity contribution is -0.116. The van der Waals surface area contributed by atoms with Gasteiger partial charge in [-0.25, -0.2) is 4.98 Å². The molecule has 8 nitrogen and oxygen atoms in total. The van der Waals surface area contributed by atoms with E-state index in [0.717, 1.165) is 21.7 Å². The van der Waals surface area contributed by atoms with Gasteiger partial charge in [0.05, 0.1) is 18.0 Å². The Hall–Kier alpha value is -3.47. The molecule has 2 amide bonds. The minimum Gasteiger partial charge on any atom is -0.345 e. The summed E-state index contributed by atoms with van der Waals surface area (Å²) in [6, 6.07) is 17.2. The highest BCUT2D eigenvalue weighted by Gasteiger charge is 2.16. The summed E-state index contributed by atoms with van der Waals surface area (Å²) in [7, 11) is 0. The summed E-state index contributed by atoms with van der Waals surface area (Å²) in [6.45, 7) is 4.75. The number of amides is 2. The van der Waals surface area contributed by atoms with E-state index < -0.39 is 0 Å². The maximum atomic E-state index is 12.6. The van der Waals surface area contributed by atoms with E-state index in [2.05, 4.69) is 25.8 Å². The molecule has 2 aromatic carbocycles. The lowest BCUT2D eigenvalue weighted by Gasteiger charge is -2.07. The van der Waals surface area contributed by atoms with Crippen molar-refractivity contribution in [2.45, 2.75) is 32.1 Å². The van der Waals surface area contributed by atoms with Gasteiger partial charge in [-0.15, -0.1) is 21.5 Å². The Balaban J connectivity index is 1.30. The number of thiazole rings is 1. The molecular weight excluding hydrogens is 528 g/mol. The molecule has 2 heterocycles. The molecular formula is C26H25ClN6O2S2. The number of carbonyl (C=O) groups is 2. The van der Waals surface area contributed by atoms with Gasteiger partial charge in [0.1, 0.15) is 0 Å². The fourth-order valence-electron chi connectivity index (χ4n) is 3.47. The third-order valence-electron chi connectivity index (χ3n) is 5.27. The van der Waals surface area contributed by atoms with Gasteiger partial charge in [-0.05, 0) is 31.6 Å². The zero-order valence-electron chi connectivity index (χ0n) is 20.3. The first kappa shape index (κ1) is 26.6. The van der Waals surface area contributed by atoms with E-state index in [1.54, 1.807) is 12.1 Å². The van der Waals surface area contributed by atoms with Crippen molar-refractivity contribution in [3.05, 3.63) is 82.0 Å². The van der Waals surface area contributed by atoms with Gasteiger partial charge in [0, 0.05) is 28.1 Å². The highest BCUT2D eigenvalue weighted by Crippen LogP contribution is 2.30. The first-order valence-corrected chi connectivity index (χ1v) is 13.7. The quantitative estimate of drug-likeness (QED) is 0.200. The number of halogens is 1. The molecule has 2 N–H and O–H groups in total. The van der Waals surface area contributed by atoms with Crippen LogP contribution in [0.1, 0.15) is 23.2 Å². The summed E-state index contributed by atoms with van der Waals surface area (Å²) >= 11 is 8.84. The molecule has 0 spiro atoms. The molecule has 11 heteroatoms. The van der Waals surface area contributed by atoms with Crippen LogP contribution in [0.4, 0.5) is 5.13 Å². The van der Waals surface area contributed by atoms with Gasteiger partial charge in [-0.3, -0.25) is 9.59 Å². The van der Waals surface area contributed by atoms with Gasteiger partial charge in [-0.2, -0.15) is 0 Å². The molecule has 0 radical (unpaired) electrons. The summed E-state index contributed by atoms with van der Waals surface area (Å²) < 4.78 is 1.87. The summed E-state index contributed by atoms with van der Waals surface area (Å²) in [5.41, 5.74) is 2.64. The Morgan fingerprint density at radius 1 is 1.11 bits per heavy atom. The second-order valence-electron chi connectivity index (χ2n) is 7.84. The van der Waals surface area contributed by atoms with E-state index in [4.69, 9.17) is 11.6 Å². The highest BCUT2D eigenvalue weighted by atomic mass is 35.5. The van der Waals surface area contributed by atoms with Crippen LogP contribution in [-0.2, 0) is 22.7 Å². The monoisotopic (exact) mass is 552 g/mol. The number of anilines is 1. The van der Waals surface area contributed by atoms with Crippen molar-refractivity contribution in [2.75, 3.05) is 11.1 Å². The van der Waals surface area contributed by atoms with Crippen LogP contribution in [0.25, 0.3) is 17.3 Å². The molecule has 4 aromatic rings. The SMILES string of the molecule is CCn1c(CNC(=O)/C=C/c2ccccc2Cl)nnc1SCC(=O)Nc1nc(-c2ccccc2)c(C)s1. The van der Waals surface area contributed by atoms with Gasteiger partial charge in [0.15, 0.2) is 16.1 Å². The van der Waals surface area contributed by atoms with Crippen molar-refractivity contribution >= 4 is 57.7 Å². The molecule has 0 unspecified atom stereocenters. The molecule has 0 fully saturated rings. The largest absolute Gasteiger partial charge is 0.345 e. The maximum absolute atomic E-state index is 12.6. The second-order valence-corrected chi connectivity index (χ2v) is 10.4. The molecule has 4 rings (SSSR count). The van der Waals surface area contributed by atoms with E-state index in [-0.39, 0.29) is 24.1 Å². The van der Waals surface area contributed by atoms with Gasteiger partial charge >= 0.3 is 0 Å². The number of nitrogens with zero attached hydrogens (tertiary/aromatic N) is 4. The summed E-state index contributed by atoms with van der Waals surface area (Å²) in [5, 5.41) is 15.8. The minimum absolute atomic E-state index is 0.157. The number of nitrogens with one attached hydrogen (secondary N) is 2. The number of rotatable bonds is 10. The van der Waals surface area contributed by atoms with Crippen molar-refractivity contribution in [3.8, 4) is 11.3 Å². The summed E-state index contributed by atoms with van der Waals surface area (Å²) in [6.07, 6.45) is 3.09. The van der Waals surface area contributed by atoms with Crippen molar-refractivity contribution < 1.29 is 9.59 Å². The van der Waals surface area contributed by atoms with Crippen molar-refractivity contribution in [1.29, 1.82) is 0 Å². The van der Waals surface area contributed by atoms with Crippen molar-refractivity contribution in [1.82, 2.24) is 25.1 Å². The van der Waals surface area contributed by atoms with Crippen molar-refractivity contribution in [3.63, 3.8) is 0 Å². The topological polar surface area (TPSA) is 102 Å². The van der Waals surface area contributed by atoms with Gasteiger partial charge in [0.25, 0.3) is 0 Å². The van der Waals surface area contributed by atoms with Gasteiger partial charge in [-0.1, -0.05) is 71.9 Å². The molecule has 0 bridgehead atoms. The Bertz CT molecular complexity index is 1420. The average Bonchev–Trinajstić information content (AvgIpc) is 3.48. The molecule has 0 aliphatic rings. The second kappa shape index (κ2) is 12.7. The molecule has 2 aromatic heterocycles. The average molecular weight is 553 g/mol. The minimum atomic E-state index is -0.271. The Kier molecular flexibility index (Phi) is 9.10. The van der Waals surface area contributed by atoms with Crippen LogP contribution in [0.2, 0.25) is 5.02 Å². The predicted octanol–water partition coefficient (Wildman–Crippen LogP) is 5.44. The third-order valence-corrected chi connectivity index (χ3v) is 7.47. The molecule has 190 valence electrons. The van der Waals surface area contributed by atoms with Crippen LogP contribution in [-0.4, -0.2) is 37.3 Å². The van der Waals surface area contributed by atoms with Crippen LogP contribution >= 0.6 is 34.7 Å². The highest BCUT2D eigenvalue weighted by molar-refractivity contribution is 7.99. The number of hydrogen-bond donors (Lipinski definition) is 2. The predicted molar refractivity (Wildman–Crippen MR) is 150 cm³/mol. The number of benzene rings is 2. The lowest BCUT2D eigenvalue weighted by atomic mass is 10.1. The standard InChI is InChI=1S/C26H25ClN6O2S2/c1-3-33-21(15-28-22(34)14-13-18-9-7-8-12-20(18)27)31-32-26(33)36-16-23(35)29-25-30-24(17(2)37-25)19-10-5-4-6-11-19/h4-14H,3,15-16H2,1-2H3,(H,28,34)(H,29,30,35)/b14-13+. The Labute approximate surface area is 228 Å². The van der Waals surface area contributed by atoms with Crippen LogP contribution in [0.3, 0.4) is 0 Å². The van der Waals surface area contributed by atoms with Crippen LogP contribution in [0.5, 0.6) is 0 Å². The van der Waals surface area contributed by atoms with E-state index >= 15 is 0 Å². The van der Waals surface area contributed by atoms with Gasteiger partial charge < -0.3 is 15.2 Å². The fourth-order valence-corrected chi connectivity index (χ4v) is 5.35. The zero-order chi connectivity index (χ0) is 26.2. The number of aromatic nitrogens is 4. The van der Waals surface area contributed by atoms with Crippen LogP contribution < -0.4 is 10.6 Å². The first-order chi connectivity index (χ1) is 17.9. The van der Waals surface area contributed by atoms with E-state index in [9.17, 15) is 9.59 Å². The Morgan fingerprint density at radius 2 is 1.86 bits per heavy atom. The summed E-state index contributed by atoms with van der Waals surface area (Å²) in [5.74, 6) is 0.314. The van der Waals surface area contributed by atoms with Crippen molar-refractivity contribution in [2.24, 2.45) is 0 Å². The molecule has 0 saturated carbocycles. The normalized spacial score (nSPS) is 11.1. The lowest BCUT2D eigenvalue weighted by Crippen LogP contribution is -2.22. The first-order valence-electron chi connectivity index (χ1n) is 11.5. The third kappa shape index (κ3) is 7.06. The van der Waals surface area contributed by atoms with Crippen LogP contribution in [0, 0.1) is 6.92 Å². The molecule has 0 aliphatic carbocycles. The molecule has 0 aliphatic heterocycles. The number of thioether (sulfide) groups is 1. The number of aryl methyl sites for hydroxylation is 1. The van der Waals surface area contributed by atoms with E-state index in [1.165, 1.54) is 29.2 Å². The van der Waals surface area contributed by atoms with Crippen LogP contribution in [0.15, 0.2) is 65.8 Å². The molecule has 37 heavy (non-hydrogen) atoms.